The van der Waals surface area contributed by atoms with Gasteiger partial charge in [0.25, 0.3) is 0 Å². The maximum absolute atomic E-state index is 12.5. The van der Waals surface area contributed by atoms with Crippen molar-refractivity contribution in [2.24, 2.45) is 0 Å². The average molecular weight is 429 g/mol. The number of carbonyl (C=O) groups is 1. The number of amides is 1. The molecule has 158 valence electrons. The molecule has 3 aromatic rings. The van der Waals surface area contributed by atoms with Crippen LogP contribution in [0.5, 0.6) is 0 Å². The second-order valence-electron chi connectivity index (χ2n) is 7.17. The van der Waals surface area contributed by atoms with E-state index in [4.69, 9.17) is 4.52 Å². The number of aromatic nitrogens is 2. The summed E-state index contributed by atoms with van der Waals surface area (Å²) in [7, 11) is -3.66. The predicted octanol–water partition coefficient (Wildman–Crippen LogP) is 2.74. The van der Waals surface area contributed by atoms with Gasteiger partial charge in [-0.1, -0.05) is 53.2 Å². The van der Waals surface area contributed by atoms with Crippen molar-refractivity contribution >= 4 is 21.6 Å². The molecule has 0 spiro atoms. The van der Waals surface area contributed by atoms with Gasteiger partial charge in [-0.3, -0.25) is 9.10 Å². The summed E-state index contributed by atoms with van der Waals surface area (Å²) in [6, 6.07) is 13.1. The first kappa shape index (κ1) is 21.5. The van der Waals surface area contributed by atoms with Gasteiger partial charge in [0.1, 0.15) is 6.54 Å². The predicted molar refractivity (Wildman–Crippen MR) is 114 cm³/mol. The van der Waals surface area contributed by atoms with Crippen molar-refractivity contribution in [3.8, 4) is 11.4 Å². The van der Waals surface area contributed by atoms with Gasteiger partial charge in [0, 0.05) is 5.56 Å². The fourth-order valence-electron chi connectivity index (χ4n) is 3.32. The summed E-state index contributed by atoms with van der Waals surface area (Å²) in [5.74, 6) is 0.179. The zero-order valence-corrected chi connectivity index (χ0v) is 18.2. The van der Waals surface area contributed by atoms with E-state index >= 15 is 0 Å². The van der Waals surface area contributed by atoms with Gasteiger partial charge in [0.05, 0.1) is 18.5 Å². The van der Waals surface area contributed by atoms with Crippen molar-refractivity contribution in [1.82, 2.24) is 15.5 Å². The number of hydrogen-bond acceptors (Lipinski definition) is 6. The SMILES string of the molecule is Cc1cc(C)c(N(CC(=O)NCc2nc(-c3ccccc3)no2)S(C)(=O)=O)c(C)c1. The van der Waals surface area contributed by atoms with Crippen LogP contribution in [0.4, 0.5) is 5.69 Å². The summed E-state index contributed by atoms with van der Waals surface area (Å²) in [5, 5.41) is 6.54. The van der Waals surface area contributed by atoms with Crippen molar-refractivity contribution in [1.29, 1.82) is 0 Å². The average Bonchev–Trinajstić information content (AvgIpc) is 3.14. The van der Waals surface area contributed by atoms with Crippen LogP contribution in [0, 0.1) is 20.8 Å². The molecule has 0 fully saturated rings. The first-order valence-corrected chi connectivity index (χ1v) is 11.2. The Kier molecular flexibility index (Phi) is 6.21. The van der Waals surface area contributed by atoms with Crippen LogP contribution in [0.2, 0.25) is 0 Å². The number of carbonyl (C=O) groups excluding carboxylic acids is 1. The number of rotatable bonds is 7. The molecule has 1 amide bonds. The molecule has 0 aliphatic heterocycles. The van der Waals surface area contributed by atoms with Crippen LogP contribution in [0.3, 0.4) is 0 Å². The highest BCUT2D eigenvalue weighted by molar-refractivity contribution is 7.92. The number of aryl methyl sites for hydroxylation is 3. The van der Waals surface area contributed by atoms with Crippen LogP contribution in [-0.2, 0) is 21.4 Å². The Morgan fingerprint density at radius 2 is 1.73 bits per heavy atom. The van der Waals surface area contributed by atoms with Crippen molar-refractivity contribution in [3.05, 3.63) is 65.0 Å². The number of sulfonamides is 1. The molecule has 0 atom stereocenters. The fraction of sp³-hybridized carbons (Fsp3) is 0.286. The third-order valence-corrected chi connectivity index (χ3v) is 5.62. The van der Waals surface area contributed by atoms with Gasteiger partial charge in [-0.05, 0) is 31.9 Å². The van der Waals surface area contributed by atoms with Crippen molar-refractivity contribution in [3.63, 3.8) is 0 Å². The topological polar surface area (TPSA) is 105 Å². The molecule has 0 unspecified atom stereocenters. The second kappa shape index (κ2) is 8.66. The fourth-order valence-corrected chi connectivity index (χ4v) is 4.29. The van der Waals surface area contributed by atoms with E-state index in [-0.39, 0.29) is 19.0 Å². The minimum atomic E-state index is -3.66. The lowest BCUT2D eigenvalue weighted by molar-refractivity contribution is -0.119. The Labute approximate surface area is 176 Å². The van der Waals surface area contributed by atoms with Crippen LogP contribution >= 0.6 is 0 Å². The molecule has 0 aliphatic carbocycles. The summed E-state index contributed by atoms with van der Waals surface area (Å²) < 4.78 is 31.1. The Morgan fingerprint density at radius 3 is 2.33 bits per heavy atom. The smallest absolute Gasteiger partial charge is 0.246 e. The lowest BCUT2D eigenvalue weighted by atomic mass is 10.1. The van der Waals surface area contributed by atoms with Crippen LogP contribution in [0.25, 0.3) is 11.4 Å². The van der Waals surface area contributed by atoms with Crippen LogP contribution < -0.4 is 9.62 Å². The minimum Gasteiger partial charge on any atom is -0.345 e. The van der Waals surface area contributed by atoms with Crippen LogP contribution in [0.1, 0.15) is 22.6 Å². The van der Waals surface area contributed by atoms with Gasteiger partial charge < -0.3 is 9.84 Å². The van der Waals surface area contributed by atoms with Crippen LogP contribution in [-0.4, -0.2) is 37.3 Å². The quantitative estimate of drug-likeness (QED) is 0.620. The van der Waals surface area contributed by atoms with Gasteiger partial charge in [-0.2, -0.15) is 4.98 Å². The summed E-state index contributed by atoms with van der Waals surface area (Å²) >= 11 is 0. The van der Waals surface area contributed by atoms with E-state index in [0.29, 0.717) is 11.5 Å². The summed E-state index contributed by atoms with van der Waals surface area (Å²) in [5.41, 5.74) is 3.91. The molecule has 0 bridgehead atoms. The number of hydrogen-bond donors (Lipinski definition) is 1. The zero-order chi connectivity index (χ0) is 21.9. The molecule has 0 saturated carbocycles. The molecule has 9 heteroatoms. The maximum Gasteiger partial charge on any atom is 0.246 e. The summed E-state index contributed by atoms with van der Waals surface area (Å²) in [4.78, 5) is 16.8. The molecule has 8 nitrogen and oxygen atoms in total. The van der Waals surface area contributed by atoms with E-state index in [2.05, 4.69) is 15.5 Å². The number of nitrogens with zero attached hydrogens (tertiary/aromatic N) is 3. The largest absolute Gasteiger partial charge is 0.345 e. The molecule has 1 heterocycles. The molecule has 30 heavy (non-hydrogen) atoms. The Balaban J connectivity index is 1.72. The van der Waals surface area contributed by atoms with Gasteiger partial charge >= 0.3 is 0 Å². The third kappa shape index (κ3) is 5.04. The number of nitrogens with one attached hydrogen (secondary N) is 1. The Hall–Kier alpha value is -3.20. The third-order valence-electron chi connectivity index (χ3n) is 4.51. The lowest BCUT2D eigenvalue weighted by Gasteiger charge is -2.25. The maximum atomic E-state index is 12.5. The standard InChI is InChI=1S/C21H24N4O4S/c1-14-10-15(2)20(16(3)11-14)25(30(4,27)28)13-18(26)22-12-19-23-21(24-29-19)17-8-6-5-7-9-17/h5-11H,12-13H2,1-4H3,(H,22,26). The number of benzene rings is 2. The van der Waals surface area contributed by atoms with E-state index in [0.717, 1.165) is 32.8 Å². The number of anilines is 1. The lowest BCUT2D eigenvalue weighted by Crippen LogP contribution is -2.40. The molecular weight excluding hydrogens is 404 g/mol. The molecule has 3 rings (SSSR count). The van der Waals surface area contributed by atoms with Gasteiger partial charge in [0.15, 0.2) is 0 Å². The van der Waals surface area contributed by atoms with E-state index in [1.54, 1.807) is 0 Å². The first-order valence-electron chi connectivity index (χ1n) is 9.35. The highest BCUT2D eigenvalue weighted by Crippen LogP contribution is 2.28. The minimum absolute atomic E-state index is 0.00211. The Bertz CT molecular complexity index is 1130. The molecule has 1 aromatic heterocycles. The highest BCUT2D eigenvalue weighted by Gasteiger charge is 2.24. The summed E-state index contributed by atoms with van der Waals surface area (Å²) in [6.07, 6.45) is 1.09. The van der Waals surface area contributed by atoms with E-state index < -0.39 is 15.9 Å². The zero-order valence-electron chi connectivity index (χ0n) is 17.3. The molecular formula is C21H24N4O4S. The van der Waals surface area contributed by atoms with Gasteiger partial charge in [0.2, 0.25) is 27.6 Å². The normalized spacial score (nSPS) is 11.3. The monoisotopic (exact) mass is 428 g/mol. The van der Waals surface area contributed by atoms with Gasteiger partial charge in [-0.25, -0.2) is 8.42 Å². The first-order chi connectivity index (χ1) is 14.1. The van der Waals surface area contributed by atoms with Crippen molar-refractivity contribution < 1.29 is 17.7 Å². The molecule has 0 aliphatic rings. The molecule has 2 aromatic carbocycles. The molecule has 1 N–H and O–H groups in total. The second-order valence-corrected chi connectivity index (χ2v) is 9.08. The van der Waals surface area contributed by atoms with Crippen molar-refractivity contribution in [2.75, 3.05) is 17.1 Å². The van der Waals surface area contributed by atoms with Crippen LogP contribution in [0.15, 0.2) is 47.0 Å². The van der Waals surface area contributed by atoms with E-state index in [1.165, 1.54) is 0 Å². The van der Waals surface area contributed by atoms with Gasteiger partial charge in [-0.15, -0.1) is 0 Å². The molecule has 0 saturated heterocycles. The Morgan fingerprint density at radius 1 is 1.10 bits per heavy atom. The van der Waals surface area contributed by atoms with E-state index in [1.807, 2.05) is 63.2 Å². The van der Waals surface area contributed by atoms with Crippen molar-refractivity contribution in [2.45, 2.75) is 27.3 Å². The summed E-state index contributed by atoms with van der Waals surface area (Å²) in [6.45, 7) is 5.25. The highest BCUT2D eigenvalue weighted by atomic mass is 32.2. The molecule has 0 radical (unpaired) electrons. The van der Waals surface area contributed by atoms with E-state index in [9.17, 15) is 13.2 Å².